The molecule has 78 valence electrons. The summed E-state index contributed by atoms with van der Waals surface area (Å²) in [6.07, 6.45) is -0.727. The SMILES string of the molecule is Cc1ccsc1C(O)COCC(=O)O. The van der Waals surface area contributed by atoms with Crippen molar-refractivity contribution < 1.29 is 19.7 Å². The van der Waals surface area contributed by atoms with Crippen LogP contribution in [0.3, 0.4) is 0 Å². The van der Waals surface area contributed by atoms with E-state index in [1.54, 1.807) is 0 Å². The van der Waals surface area contributed by atoms with Gasteiger partial charge in [0, 0.05) is 4.88 Å². The lowest BCUT2D eigenvalue weighted by molar-refractivity contribution is -0.143. The summed E-state index contributed by atoms with van der Waals surface area (Å²) in [6, 6.07) is 1.90. The van der Waals surface area contributed by atoms with Gasteiger partial charge in [-0.15, -0.1) is 11.3 Å². The Hall–Kier alpha value is -0.910. The number of carboxylic acids is 1. The summed E-state index contributed by atoms with van der Waals surface area (Å²) in [7, 11) is 0. The van der Waals surface area contributed by atoms with Gasteiger partial charge in [0.25, 0.3) is 0 Å². The standard InChI is InChI=1S/C9H12O4S/c1-6-2-3-14-9(6)7(10)4-13-5-8(11)12/h2-3,7,10H,4-5H2,1H3,(H,11,12). The van der Waals surface area contributed by atoms with Crippen LogP contribution in [0.2, 0.25) is 0 Å². The van der Waals surface area contributed by atoms with Gasteiger partial charge in [0.1, 0.15) is 12.7 Å². The first kappa shape index (κ1) is 11.2. The summed E-state index contributed by atoms with van der Waals surface area (Å²) in [5.41, 5.74) is 1.00. The van der Waals surface area contributed by atoms with Crippen molar-refractivity contribution >= 4 is 17.3 Å². The second kappa shape index (κ2) is 5.09. The second-order valence-electron chi connectivity index (χ2n) is 2.89. The van der Waals surface area contributed by atoms with Gasteiger partial charge in [-0.3, -0.25) is 0 Å². The van der Waals surface area contributed by atoms with Crippen LogP contribution in [0.25, 0.3) is 0 Å². The summed E-state index contributed by atoms with van der Waals surface area (Å²) in [6.45, 7) is 1.54. The van der Waals surface area contributed by atoms with Gasteiger partial charge in [-0.25, -0.2) is 4.79 Å². The fourth-order valence-corrected chi connectivity index (χ4v) is 1.96. The van der Waals surface area contributed by atoms with Crippen molar-refractivity contribution in [1.82, 2.24) is 0 Å². The number of hydrogen-bond donors (Lipinski definition) is 2. The normalized spacial score (nSPS) is 12.7. The lowest BCUT2D eigenvalue weighted by Gasteiger charge is -2.09. The molecule has 0 aromatic carbocycles. The van der Waals surface area contributed by atoms with E-state index in [4.69, 9.17) is 9.84 Å². The third-order valence-electron chi connectivity index (χ3n) is 1.71. The molecule has 5 heteroatoms. The van der Waals surface area contributed by atoms with E-state index in [9.17, 15) is 9.90 Å². The Morgan fingerprint density at radius 3 is 2.93 bits per heavy atom. The van der Waals surface area contributed by atoms with Crippen molar-refractivity contribution in [2.75, 3.05) is 13.2 Å². The Balaban J connectivity index is 2.39. The first-order valence-corrected chi connectivity index (χ1v) is 5.01. The fourth-order valence-electron chi connectivity index (χ4n) is 1.06. The number of ether oxygens (including phenoxy) is 1. The molecule has 4 nitrogen and oxygen atoms in total. The van der Waals surface area contributed by atoms with E-state index in [1.165, 1.54) is 11.3 Å². The van der Waals surface area contributed by atoms with Gasteiger partial charge in [-0.2, -0.15) is 0 Å². The molecule has 0 spiro atoms. The van der Waals surface area contributed by atoms with E-state index in [1.807, 2.05) is 18.4 Å². The molecule has 1 unspecified atom stereocenters. The van der Waals surface area contributed by atoms with Crippen LogP contribution in [-0.4, -0.2) is 29.4 Å². The molecular weight excluding hydrogens is 204 g/mol. The van der Waals surface area contributed by atoms with Crippen LogP contribution in [0.15, 0.2) is 11.4 Å². The maximum Gasteiger partial charge on any atom is 0.329 e. The van der Waals surface area contributed by atoms with Crippen LogP contribution in [0, 0.1) is 6.92 Å². The Kier molecular flexibility index (Phi) is 4.06. The van der Waals surface area contributed by atoms with Crippen molar-refractivity contribution in [1.29, 1.82) is 0 Å². The third-order valence-corrected chi connectivity index (χ3v) is 2.83. The minimum atomic E-state index is -1.03. The van der Waals surface area contributed by atoms with Gasteiger partial charge < -0.3 is 14.9 Å². The van der Waals surface area contributed by atoms with Gasteiger partial charge in [0.05, 0.1) is 6.61 Å². The molecule has 14 heavy (non-hydrogen) atoms. The highest BCUT2D eigenvalue weighted by Crippen LogP contribution is 2.23. The minimum Gasteiger partial charge on any atom is -0.480 e. The van der Waals surface area contributed by atoms with Crippen LogP contribution in [-0.2, 0) is 9.53 Å². The lowest BCUT2D eigenvalue weighted by Crippen LogP contribution is -2.12. The topological polar surface area (TPSA) is 66.8 Å². The van der Waals surface area contributed by atoms with Crippen molar-refractivity contribution in [3.63, 3.8) is 0 Å². The monoisotopic (exact) mass is 216 g/mol. The van der Waals surface area contributed by atoms with E-state index in [2.05, 4.69) is 0 Å². The average Bonchev–Trinajstić information content (AvgIpc) is 2.50. The molecule has 0 amide bonds. The molecule has 0 aliphatic heterocycles. The quantitative estimate of drug-likeness (QED) is 0.776. The third kappa shape index (κ3) is 3.10. The molecule has 0 saturated carbocycles. The molecule has 1 aromatic rings. The highest BCUT2D eigenvalue weighted by molar-refractivity contribution is 7.10. The molecule has 0 aliphatic carbocycles. The van der Waals surface area contributed by atoms with Crippen LogP contribution < -0.4 is 0 Å². The molecular formula is C9H12O4S. The Morgan fingerprint density at radius 1 is 1.71 bits per heavy atom. The minimum absolute atomic E-state index is 0.0215. The summed E-state index contributed by atoms with van der Waals surface area (Å²) >= 11 is 1.44. The van der Waals surface area contributed by atoms with Gasteiger partial charge in [-0.05, 0) is 23.9 Å². The highest BCUT2D eigenvalue weighted by atomic mass is 32.1. The van der Waals surface area contributed by atoms with Crippen LogP contribution in [0.4, 0.5) is 0 Å². The van der Waals surface area contributed by atoms with Gasteiger partial charge in [-0.1, -0.05) is 0 Å². The van der Waals surface area contributed by atoms with Gasteiger partial charge >= 0.3 is 5.97 Å². The van der Waals surface area contributed by atoms with E-state index >= 15 is 0 Å². The predicted molar refractivity (Wildman–Crippen MR) is 52.5 cm³/mol. The van der Waals surface area contributed by atoms with Crippen LogP contribution in [0.5, 0.6) is 0 Å². The van der Waals surface area contributed by atoms with E-state index < -0.39 is 12.1 Å². The van der Waals surface area contributed by atoms with Crippen LogP contribution in [0.1, 0.15) is 16.5 Å². The zero-order valence-corrected chi connectivity index (χ0v) is 8.58. The molecule has 0 radical (unpaired) electrons. The second-order valence-corrected chi connectivity index (χ2v) is 3.84. The number of thiophene rings is 1. The Bertz CT molecular complexity index is 308. The highest BCUT2D eigenvalue weighted by Gasteiger charge is 2.12. The molecule has 2 N–H and O–H groups in total. The molecule has 1 atom stereocenters. The van der Waals surface area contributed by atoms with Gasteiger partial charge in [0.15, 0.2) is 0 Å². The Morgan fingerprint density at radius 2 is 2.43 bits per heavy atom. The first-order valence-electron chi connectivity index (χ1n) is 4.13. The molecule has 1 aromatic heterocycles. The smallest absolute Gasteiger partial charge is 0.329 e. The van der Waals surface area contributed by atoms with E-state index in [-0.39, 0.29) is 13.2 Å². The molecule has 0 aliphatic rings. The summed E-state index contributed by atoms with van der Waals surface area (Å²) in [5.74, 6) is -1.03. The average molecular weight is 216 g/mol. The zero-order valence-electron chi connectivity index (χ0n) is 7.77. The number of hydrogen-bond acceptors (Lipinski definition) is 4. The number of aliphatic hydroxyl groups excluding tert-OH is 1. The number of aliphatic hydroxyl groups is 1. The van der Waals surface area contributed by atoms with Crippen LogP contribution >= 0.6 is 11.3 Å². The lowest BCUT2D eigenvalue weighted by atomic mass is 10.2. The number of aryl methyl sites for hydroxylation is 1. The van der Waals surface area contributed by atoms with Crippen molar-refractivity contribution in [2.45, 2.75) is 13.0 Å². The molecule has 0 fully saturated rings. The number of rotatable bonds is 5. The molecule has 1 heterocycles. The van der Waals surface area contributed by atoms with E-state index in [0.717, 1.165) is 10.4 Å². The molecule has 0 bridgehead atoms. The summed E-state index contributed by atoms with van der Waals surface area (Å²) < 4.78 is 4.79. The first-order chi connectivity index (χ1) is 6.61. The maximum atomic E-state index is 10.1. The maximum absolute atomic E-state index is 10.1. The van der Waals surface area contributed by atoms with E-state index in [0.29, 0.717) is 0 Å². The molecule has 0 saturated heterocycles. The molecule has 1 rings (SSSR count). The summed E-state index contributed by atoms with van der Waals surface area (Å²) in [4.78, 5) is 11.0. The Labute approximate surface area is 85.8 Å². The number of aliphatic carboxylic acids is 1. The van der Waals surface area contributed by atoms with Gasteiger partial charge in [0.2, 0.25) is 0 Å². The fraction of sp³-hybridized carbons (Fsp3) is 0.444. The zero-order chi connectivity index (χ0) is 10.6. The van der Waals surface area contributed by atoms with Crippen molar-refractivity contribution in [3.05, 3.63) is 21.9 Å². The number of carbonyl (C=O) groups is 1. The largest absolute Gasteiger partial charge is 0.480 e. The summed E-state index contributed by atoms with van der Waals surface area (Å²) in [5, 5.41) is 19.8. The number of carboxylic acid groups (broad SMARTS) is 1. The van der Waals surface area contributed by atoms with Crippen molar-refractivity contribution in [3.8, 4) is 0 Å². The van der Waals surface area contributed by atoms with Crippen molar-refractivity contribution in [2.24, 2.45) is 0 Å². The predicted octanol–water partition coefficient (Wildman–Crippen LogP) is 1.19.